The second-order valence-corrected chi connectivity index (χ2v) is 4.38. The molecule has 1 aromatic carbocycles. The standard InChI is InChI=1S/C14H13N5O2/c20-11-4-3-10(13(21)6-11)7-17-12-2-1-5-16-14(12)19-9-15-8-18-19/h1-6,8-9,17,20-21H,7H2. The number of rotatable bonds is 4. The van der Waals surface area contributed by atoms with Gasteiger partial charge in [-0.15, -0.1) is 0 Å². The highest BCUT2D eigenvalue weighted by Gasteiger charge is 2.07. The molecule has 2 heterocycles. The van der Waals surface area contributed by atoms with Gasteiger partial charge in [0.15, 0.2) is 5.82 Å². The lowest BCUT2D eigenvalue weighted by Gasteiger charge is -2.11. The van der Waals surface area contributed by atoms with E-state index in [4.69, 9.17) is 0 Å². The molecule has 106 valence electrons. The fourth-order valence-corrected chi connectivity index (χ4v) is 1.93. The van der Waals surface area contributed by atoms with Crippen molar-refractivity contribution in [1.29, 1.82) is 0 Å². The molecule has 21 heavy (non-hydrogen) atoms. The van der Waals surface area contributed by atoms with E-state index in [1.165, 1.54) is 18.5 Å². The van der Waals surface area contributed by atoms with E-state index >= 15 is 0 Å². The van der Waals surface area contributed by atoms with Gasteiger partial charge in [0.2, 0.25) is 0 Å². The van der Waals surface area contributed by atoms with Crippen molar-refractivity contribution in [3.05, 3.63) is 54.7 Å². The van der Waals surface area contributed by atoms with Crippen LogP contribution in [0.25, 0.3) is 5.82 Å². The lowest BCUT2D eigenvalue weighted by Crippen LogP contribution is -2.06. The summed E-state index contributed by atoms with van der Waals surface area (Å²) in [6.45, 7) is 0.388. The van der Waals surface area contributed by atoms with Crippen LogP contribution in [-0.2, 0) is 6.54 Å². The zero-order chi connectivity index (χ0) is 14.7. The van der Waals surface area contributed by atoms with Gasteiger partial charge in [-0.2, -0.15) is 5.10 Å². The third kappa shape index (κ3) is 2.76. The van der Waals surface area contributed by atoms with Gasteiger partial charge >= 0.3 is 0 Å². The van der Waals surface area contributed by atoms with Crippen molar-refractivity contribution in [3.63, 3.8) is 0 Å². The quantitative estimate of drug-likeness (QED) is 0.674. The minimum atomic E-state index is 0.0286. The molecule has 3 aromatic rings. The Morgan fingerprint density at radius 1 is 1.19 bits per heavy atom. The van der Waals surface area contributed by atoms with Crippen LogP contribution >= 0.6 is 0 Å². The summed E-state index contributed by atoms with van der Waals surface area (Å²) in [5, 5.41) is 26.3. The van der Waals surface area contributed by atoms with Gasteiger partial charge < -0.3 is 15.5 Å². The maximum atomic E-state index is 9.78. The average molecular weight is 283 g/mol. The number of hydrogen-bond donors (Lipinski definition) is 3. The Balaban J connectivity index is 1.83. The van der Waals surface area contributed by atoms with Gasteiger partial charge in [-0.3, -0.25) is 0 Å². The summed E-state index contributed by atoms with van der Waals surface area (Å²) >= 11 is 0. The number of pyridine rings is 1. The van der Waals surface area contributed by atoms with Crippen LogP contribution in [0.5, 0.6) is 11.5 Å². The van der Waals surface area contributed by atoms with E-state index in [0.717, 1.165) is 5.69 Å². The van der Waals surface area contributed by atoms with Crippen molar-refractivity contribution >= 4 is 5.69 Å². The van der Waals surface area contributed by atoms with Gasteiger partial charge in [0.1, 0.15) is 24.2 Å². The van der Waals surface area contributed by atoms with E-state index in [2.05, 4.69) is 20.4 Å². The third-order valence-electron chi connectivity index (χ3n) is 2.96. The highest BCUT2D eigenvalue weighted by molar-refractivity contribution is 5.56. The second-order valence-electron chi connectivity index (χ2n) is 4.38. The van der Waals surface area contributed by atoms with Crippen LogP contribution in [0.2, 0.25) is 0 Å². The van der Waals surface area contributed by atoms with E-state index < -0.39 is 0 Å². The molecule has 0 fully saturated rings. The van der Waals surface area contributed by atoms with Crippen LogP contribution in [0, 0.1) is 0 Å². The number of aromatic nitrogens is 4. The van der Waals surface area contributed by atoms with Crippen LogP contribution in [0.1, 0.15) is 5.56 Å². The molecule has 0 aliphatic heterocycles. The first kappa shape index (κ1) is 12.9. The molecule has 0 saturated heterocycles. The number of phenols is 2. The van der Waals surface area contributed by atoms with E-state index in [1.807, 2.05) is 6.07 Å². The predicted molar refractivity (Wildman–Crippen MR) is 76.3 cm³/mol. The molecule has 0 bridgehead atoms. The molecule has 0 spiro atoms. The van der Waals surface area contributed by atoms with Crippen LogP contribution in [0.3, 0.4) is 0 Å². The first-order valence-electron chi connectivity index (χ1n) is 6.29. The molecule has 0 atom stereocenters. The molecule has 0 unspecified atom stereocenters. The Bertz CT molecular complexity index is 743. The first-order valence-corrected chi connectivity index (χ1v) is 6.29. The van der Waals surface area contributed by atoms with Crippen LogP contribution in [-0.4, -0.2) is 30.0 Å². The van der Waals surface area contributed by atoms with Gasteiger partial charge in [0, 0.05) is 24.4 Å². The maximum absolute atomic E-state index is 9.78. The summed E-state index contributed by atoms with van der Waals surface area (Å²) < 4.78 is 1.55. The van der Waals surface area contributed by atoms with Crippen molar-refractivity contribution in [3.8, 4) is 17.3 Å². The highest BCUT2D eigenvalue weighted by atomic mass is 16.3. The minimum absolute atomic E-state index is 0.0286. The van der Waals surface area contributed by atoms with Crippen molar-refractivity contribution in [2.24, 2.45) is 0 Å². The number of aromatic hydroxyl groups is 2. The second kappa shape index (κ2) is 5.49. The van der Waals surface area contributed by atoms with Crippen LogP contribution in [0.15, 0.2) is 49.2 Å². The maximum Gasteiger partial charge on any atom is 0.178 e. The number of hydrogen-bond acceptors (Lipinski definition) is 6. The van der Waals surface area contributed by atoms with Gasteiger partial charge in [0.05, 0.1) is 5.69 Å². The molecular formula is C14H13N5O2. The van der Waals surface area contributed by atoms with E-state index in [9.17, 15) is 10.2 Å². The summed E-state index contributed by atoms with van der Waals surface area (Å²) in [7, 11) is 0. The molecule has 0 saturated carbocycles. The molecule has 7 nitrogen and oxygen atoms in total. The fraction of sp³-hybridized carbons (Fsp3) is 0.0714. The largest absolute Gasteiger partial charge is 0.508 e. The predicted octanol–water partition coefficient (Wildman–Crippen LogP) is 1.69. The lowest BCUT2D eigenvalue weighted by atomic mass is 10.2. The van der Waals surface area contributed by atoms with E-state index in [-0.39, 0.29) is 11.5 Å². The Morgan fingerprint density at radius 2 is 2.10 bits per heavy atom. The molecule has 3 rings (SSSR count). The number of phenolic OH excluding ortho intramolecular Hbond substituents is 2. The van der Waals surface area contributed by atoms with Gasteiger partial charge in [-0.25, -0.2) is 14.6 Å². The van der Waals surface area contributed by atoms with Crippen molar-refractivity contribution < 1.29 is 10.2 Å². The van der Waals surface area contributed by atoms with Gasteiger partial charge in [-0.1, -0.05) is 0 Å². The topological polar surface area (TPSA) is 96.1 Å². The van der Waals surface area contributed by atoms with Gasteiger partial charge in [-0.05, 0) is 24.3 Å². The number of anilines is 1. The summed E-state index contributed by atoms with van der Waals surface area (Å²) in [5.74, 6) is 0.683. The first-order chi connectivity index (χ1) is 10.2. The third-order valence-corrected chi connectivity index (χ3v) is 2.96. The average Bonchev–Trinajstić information content (AvgIpc) is 3.01. The zero-order valence-electron chi connectivity index (χ0n) is 11.0. The molecule has 3 N–H and O–H groups in total. The Kier molecular flexibility index (Phi) is 3.38. The summed E-state index contributed by atoms with van der Waals surface area (Å²) in [5.41, 5.74) is 1.43. The SMILES string of the molecule is Oc1ccc(CNc2cccnc2-n2cncn2)c(O)c1. The smallest absolute Gasteiger partial charge is 0.178 e. The Labute approximate surface area is 120 Å². The van der Waals surface area contributed by atoms with E-state index in [1.54, 1.807) is 29.3 Å². The monoisotopic (exact) mass is 283 g/mol. The molecule has 7 heteroatoms. The molecule has 0 aliphatic carbocycles. The minimum Gasteiger partial charge on any atom is -0.508 e. The summed E-state index contributed by atoms with van der Waals surface area (Å²) in [6, 6.07) is 8.15. The van der Waals surface area contributed by atoms with Crippen LogP contribution in [0.4, 0.5) is 5.69 Å². The molecule has 0 amide bonds. The zero-order valence-corrected chi connectivity index (χ0v) is 11.0. The number of nitrogens with one attached hydrogen (secondary N) is 1. The van der Waals surface area contributed by atoms with Crippen LogP contribution < -0.4 is 5.32 Å². The summed E-state index contributed by atoms with van der Waals surface area (Å²) in [6.07, 6.45) is 4.66. The molecule has 0 radical (unpaired) electrons. The van der Waals surface area contributed by atoms with Crippen molar-refractivity contribution in [2.45, 2.75) is 6.54 Å². The summed E-state index contributed by atoms with van der Waals surface area (Å²) in [4.78, 5) is 8.16. The molecule has 0 aliphatic rings. The lowest BCUT2D eigenvalue weighted by molar-refractivity contribution is 0.446. The molecule has 2 aromatic heterocycles. The normalized spacial score (nSPS) is 10.5. The van der Waals surface area contributed by atoms with Crippen molar-refractivity contribution in [2.75, 3.05) is 5.32 Å². The number of benzene rings is 1. The fourth-order valence-electron chi connectivity index (χ4n) is 1.93. The molecular weight excluding hydrogens is 270 g/mol. The van der Waals surface area contributed by atoms with E-state index in [0.29, 0.717) is 17.9 Å². The Hall–Kier alpha value is -3.09. The van der Waals surface area contributed by atoms with Gasteiger partial charge in [0.25, 0.3) is 0 Å². The number of nitrogens with zero attached hydrogens (tertiary/aromatic N) is 4. The van der Waals surface area contributed by atoms with Crippen molar-refractivity contribution in [1.82, 2.24) is 19.7 Å². The highest BCUT2D eigenvalue weighted by Crippen LogP contribution is 2.24. The Morgan fingerprint density at radius 3 is 2.86 bits per heavy atom.